The molecule has 0 atom stereocenters. The quantitative estimate of drug-likeness (QED) is 0.114. The molecular formula is C31H37Cl3N3O+. The van der Waals surface area contributed by atoms with E-state index in [1.165, 1.54) is 0 Å². The summed E-state index contributed by atoms with van der Waals surface area (Å²) in [6.45, 7) is 18.1. The van der Waals surface area contributed by atoms with Crippen LogP contribution in [-0.2, 0) is 0 Å². The van der Waals surface area contributed by atoms with Crippen LogP contribution < -0.4 is 19.7 Å². The fourth-order valence-electron chi connectivity index (χ4n) is 5.31. The van der Waals surface area contributed by atoms with Crippen molar-refractivity contribution in [2.24, 2.45) is 0 Å². The number of fused-ring (bicyclic) bond motifs is 2. The van der Waals surface area contributed by atoms with Gasteiger partial charge in [0.1, 0.15) is 24.4 Å². The summed E-state index contributed by atoms with van der Waals surface area (Å²) in [5, 5.41) is 3.59. The van der Waals surface area contributed by atoms with E-state index in [9.17, 15) is 0 Å². The maximum Gasteiger partial charge on any atom is 0.203 e. The number of halogens is 3. The smallest absolute Gasteiger partial charge is 0.203 e. The van der Waals surface area contributed by atoms with Crippen molar-refractivity contribution >= 4 is 57.1 Å². The maximum atomic E-state index is 7.06. The highest BCUT2D eigenvalue weighted by Gasteiger charge is 2.25. The van der Waals surface area contributed by atoms with Crippen molar-refractivity contribution in [2.45, 2.75) is 41.5 Å². The average molecular weight is 574 g/mol. The molecule has 0 fully saturated rings. The maximum absolute atomic E-state index is 7.06. The van der Waals surface area contributed by atoms with Gasteiger partial charge in [-0.15, -0.1) is 0 Å². The Balaban J connectivity index is 2.13. The van der Waals surface area contributed by atoms with Crippen molar-refractivity contribution in [3.8, 4) is 22.5 Å². The first kappa shape index (κ1) is 28.6. The monoisotopic (exact) mass is 572 g/mol. The first-order valence-corrected chi connectivity index (χ1v) is 14.7. The normalized spacial score (nSPS) is 11.4. The van der Waals surface area contributed by atoms with Crippen LogP contribution in [0.1, 0.15) is 41.5 Å². The lowest BCUT2D eigenvalue weighted by Crippen LogP contribution is -2.29. The van der Waals surface area contributed by atoms with Crippen molar-refractivity contribution < 1.29 is 4.42 Å². The van der Waals surface area contributed by atoms with Crippen LogP contribution in [0.5, 0.6) is 0 Å². The third-order valence-corrected chi connectivity index (χ3v) is 8.60. The van der Waals surface area contributed by atoms with Gasteiger partial charge >= 0.3 is 0 Å². The molecule has 4 nitrogen and oxygen atoms in total. The lowest BCUT2D eigenvalue weighted by Gasteiger charge is -2.26. The van der Waals surface area contributed by atoms with Crippen LogP contribution >= 0.6 is 34.8 Å². The molecule has 0 bridgehead atoms. The van der Waals surface area contributed by atoms with Crippen LogP contribution in [0.25, 0.3) is 33.4 Å². The van der Waals surface area contributed by atoms with Gasteiger partial charge in [-0.2, -0.15) is 0 Å². The van der Waals surface area contributed by atoms with Gasteiger partial charge in [0.2, 0.25) is 5.36 Å². The molecule has 202 valence electrons. The minimum absolute atomic E-state index is 0.454. The molecule has 0 amide bonds. The van der Waals surface area contributed by atoms with Gasteiger partial charge in [-0.3, -0.25) is 0 Å². The molecule has 7 heteroatoms. The topological polar surface area (TPSA) is 22.6 Å². The summed E-state index contributed by atoms with van der Waals surface area (Å²) < 4.78 is 8.90. The molecule has 0 spiro atoms. The van der Waals surface area contributed by atoms with Gasteiger partial charge in [0.05, 0.1) is 26.8 Å². The predicted octanol–water partition coefficient (Wildman–Crippen LogP) is 8.67. The molecule has 1 aliphatic heterocycles. The lowest BCUT2D eigenvalue weighted by atomic mass is 9.93. The van der Waals surface area contributed by atoms with E-state index in [4.69, 9.17) is 39.2 Å². The standard InChI is InChI=1S/C31H37Cl3N3O/c1-7-35(8-2)20-13-15-22-26(17-20)38-27-18-21(36(9-3)10-4)14-16-23(27)28(22)29-24(32)19-25(30(33)31(29)34)37(11-5)12-6/h13-19H,7-12H2,1-6H3/q+1. The van der Waals surface area contributed by atoms with Crippen LogP contribution in [0.15, 0.2) is 46.9 Å². The Labute approximate surface area is 241 Å². The summed E-state index contributed by atoms with van der Waals surface area (Å²) in [5.41, 5.74) is 5.35. The molecule has 1 aliphatic carbocycles. The third-order valence-electron chi connectivity index (χ3n) is 7.44. The number of anilines is 2. The highest BCUT2D eigenvalue weighted by atomic mass is 35.5. The van der Waals surface area contributed by atoms with Crippen LogP contribution in [0.3, 0.4) is 0 Å². The third kappa shape index (κ3) is 5.11. The molecule has 2 aromatic rings. The van der Waals surface area contributed by atoms with Crippen molar-refractivity contribution in [1.29, 1.82) is 0 Å². The van der Waals surface area contributed by atoms with Gasteiger partial charge in [-0.05, 0) is 65.8 Å². The minimum atomic E-state index is 0.454. The Kier molecular flexibility index (Phi) is 9.18. The summed E-state index contributed by atoms with van der Waals surface area (Å²) in [4.78, 5) is 4.47. The van der Waals surface area contributed by atoms with E-state index in [1.54, 1.807) is 0 Å². The van der Waals surface area contributed by atoms with Crippen molar-refractivity contribution in [1.82, 2.24) is 4.58 Å². The summed E-state index contributed by atoms with van der Waals surface area (Å²) in [7, 11) is 0. The van der Waals surface area contributed by atoms with Crippen molar-refractivity contribution in [3.05, 3.63) is 62.9 Å². The highest BCUT2D eigenvalue weighted by Crippen LogP contribution is 2.50. The number of hydrogen-bond donors (Lipinski definition) is 0. The number of benzene rings is 3. The Morgan fingerprint density at radius 2 is 1.37 bits per heavy atom. The zero-order valence-corrected chi connectivity index (χ0v) is 25.4. The van der Waals surface area contributed by atoms with Gasteiger partial charge in [-0.25, -0.2) is 4.58 Å². The van der Waals surface area contributed by atoms with Crippen LogP contribution in [0.2, 0.25) is 15.1 Å². The largest absolute Gasteiger partial charge is 0.456 e. The molecular weight excluding hydrogens is 537 g/mol. The summed E-state index contributed by atoms with van der Waals surface area (Å²) in [5.74, 6) is 0.782. The first-order valence-electron chi connectivity index (χ1n) is 13.6. The molecule has 0 aromatic heterocycles. The molecule has 4 rings (SSSR count). The molecule has 0 unspecified atom stereocenters. The fourth-order valence-corrected chi connectivity index (χ4v) is 6.22. The molecule has 2 aromatic carbocycles. The molecule has 0 radical (unpaired) electrons. The second-order valence-corrected chi connectivity index (χ2v) is 10.4. The van der Waals surface area contributed by atoms with Gasteiger partial charge in [-0.1, -0.05) is 34.8 Å². The Hall–Kier alpha value is -2.40. The Bertz CT molecular complexity index is 1480. The molecule has 0 saturated heterocycles. The van der Waals surface area contributed by atoms with Crippen molar-refractivity contribution in [2.75, 3.05) is 49.1 Å². The van der Waals surface area contributed by atoms with Gasteiger partial charge in [0.15, 0.2) is 0 Å². The number of nitrogens with zero attached hydrogens (tertiary/aromatic N) is 3. The zero-order chi connectivity index (χ0) is 27.6. The van der Waals surface area contributed by atoms with E-state index in [-0.39, 0.29) is 0 Å². The van der Waals surface area contributed by atoms with Crippen LogP contribution in [-0.4, -0.2) is 39.3 Å². The summed E-state index contributed by atoms with van der Waals surface area (Å²) >= 11 is 21.0. The Morgan fingerprint density at radius 3 is 1.97 bits per heavy atom. The summed E-state index contributed by atoms with van der Waals surface area (Å²) in [6.07, 6.45) is 0. The number of hydrogen-bond acceptors (Lipinski definition) is 3. The highest BCUT2D eigenvalue weighted by molar-refractivity contribution is 6.48. The van der Waals surface area contributed by atoms with E-state index < -0.39 is 0 Å². The van der Waals surface area contributed by atoms with E-state index in [0.29, 0.717) is 15.1 Å². The Morgan fingerprint density at radius 1 is 0.711 bits per heavy atom. The SMILES string of the molecule is CCN(CC)c1ccc2c(-c3c(Cl)cc(N(CC)CC)c(Cl)c3Cl)c3ccc(=[N+](CC)CC)cc-3oc2c1. The molecule has 38 heavy (non-hydrogen) atoms. The lowest BCUT2D eigenvalue weighted by molar-refractivity contribution is 0.604. The van der Waals surface area contributed by atoms with E-state index >= 15 is 0 Å². The van der Waals surface area contributed by atoms with Gasteiger partial charge in [0.25, 0.3) is 0 Å². The van der Waals surface area contributed by atoms with Crippen LogP contribution in [0.4, 0.5) is 11.4 Å². The van der Waals surface area contributed by atoms with Gasteiger partial charge in [0, 0.05) is 66.1 Å². The van der Waals surface area contributed by atoms with E-state index in [0.717, 1.165) is 89.4 Å². The van der Waals surface area contributed by atoms with E-state index in [1.807, 2.05) is 6.07 Å². The molecule has 0 saturated carbocycles. The second-order valence-electron chi connectivity index (χ2n) is 9.24. The van der Waals surface area contributed by atoms with E-state index in [2.05, 4.69) is 92.3 Å². The number of rotatable bonds is 9. The molecule has 1 heterocycles. The fraction of sp³-hybridized carbons (Fsp3) is 0.387. The summed E-state index contributed by atoms with van der Waals surface area (Å²) in [6, 6.07) is 14.7. The minimum Gasteiger partial charge on any atom is -0.456 e. The molecule has 0 N–H and O–H groups in total. The zero-order valence-electron chi connectivity index (χ0n) is 23.2. The molecule has 2 aliphatic rings. The second kappa shape index (κ2) is 12.2. The average Bonchev–Trinajstić information content (AvgIpc) is 2.92. The van der Waals surface area contributed by atoms with Crippen LogP contribution in [0, 0.1) is 0 Å². The first-order chi connectivity index (χ1) is 18.3. The van der Waals surface area contributed by atoms with Gasteiger partial charge < -0.3 is 14.2 Å². The predicted molar refractivity (Wildman–Crippen MR) is 167 cm³/mol. The van der Waals surface area contributed by atoms with Crippen molar-refractivity contribution in [3.63, 3.8) is 0 Å².